The lowest BCUT2D eigenvalue weighted by Gasteiger charge is -2.25. The Hall–Kier alpha value is -4.14. The number of hydrogen-bond donors (Lipinski definition) is 1. The zero-order valence-corrected chi connectivity index (χ0v) is 17.2. The molecule has 0 bridgehead atoms. The highest BCUT2D eigenvalue weighted by molar-refractivity contribution is 6.51. The molecule has 1 N–H and O–H groups in total. The molecule has 0 saturated carbocycles. The van der Waals surface area contributed by atoms with Crippen LogP contribution in [0.15, 0.2) is 78.5 Å². The number of aliphatic hydroxyl groups is 1. The fourth-order valence-electron chi connectivity index (χ4n) is 3.61. The number of pyridine rings is 1. The molecule has 1 aliphatic heterocycles. The van der Waals surface area contributed by atoms with Crippen LogP contribution in [0.5, 0.6) is 5.75 Å². The van der Waals surface area contributed by atoms with Gasteiger partial charge < -0.3 is 9.84 Å². The van der Waals surface area contributed by atoms with Crippen molar-refractivity contribution in [2.24, 2.45) is 0 Å². The maximum absolute atomic E-state index is 13.0. The number of benzene rings is 2. The first kappa shape index (κ1) is 22.1. The fraction of sp³-hybridized carbons (Fsp3) is 0.125. The van der Waals surface area contributed by atoms with Crippen LogP contribution in [0.1, 0.15) is 22.9 Å². The Kier molecular flexibility index (Phi) is 5.63. The van der Waals surface area contributed by atoms with Gasteiger partial charge in [0.25, 0.3) is 11.7 Å². The summed E-state index contributed by atoms with van der Waals surface area (Å²) in [7, 11) is 0. The van der Waals surface area contributed by atoms with Crippen LogP contribution >= 0.6 is 0 Å². The molecule has 33 heavy (non-hydrogen) atoms. The lowest BCUT2D eigenvalue weighted by Crippen LogP contribution is -2.30. The third kappa shape index (κ3) is 4.43. The molecule has 1 atom stereocenters. The van der Waals surface area contributed by atoms with E-state index in [9.17, 15) is 27.9 Å². The van der Waals surface area contributed by atoms with Crippen LogP contribution < -0.4 is 9.64 Å². The molecule has 1 aliphatic rings. The fourth-order valence-corrected chi connectivity index (χ4v) is 3.61. The Morgan fingerprint density at radius 1 is 1.03 bits per heavy atom. The van der Waals surface area contributed by atoms with E-state index in [0.29, 0.717) is 5.56 Å². The molecule has 0 spiro atoms. The highest BCUT2D eigenvalue weighted by atomic mass is 19.4. The van der Waals surface area contributed by atoms with Gasteiger partial charge in [-0.1, -0.05) is 42.0 Å². The normalized spacial score (nSPS) is 17.9. The van der Waals surface area contributed by atoms with E-state index in [2.05, 4.69) is 9.72 Å². The van der Waals surface area contributed by atoms with Crippen LogP contribution in [0.25, 0.3) is 5.76 Å². The van der Waals surface area contributed by atoms with Crippen LogP contribution in [0.3, 0.4) is 0 Å². The van der Waals surface area contributed by atoms with Gasteiger partial charge in [-0.15, -0.1) is 13.2 Å². The number of nitrogens with zero attached hydrogens (tertiary/aromatic N) is 2. The highest BCUT2D eigenvalue weighted by Gasteiger charge is 2.47. The molecule has 1 unspecified atom stereocenters. The third-order valence-corrected chi connectivity index (χ3v) is 5.07. The lowest BCUT2D eigenvalue weighted by atomic mass is 9.97. The number of rotatable bonds is 4. The van der Waals surface area contributed by atoms with Crippen LogP contribution in [0, 0.1) is 6.92 Å². The SMILES string of the molecule is Cc1ccc(/C(O)=C2\C(=O)C(=O)N(c3cccc(OC(F)(F)F)c3)C2c2ccccn2)cc1. The zero-order valence-electron chi connectivity index (χ0n) is 17.2. The van der Waals surface area contributed by atoms with Gasteiger partial charge in [-0.05, 0) is 31.2 Å². The van der Waals surface area contributed by atoms with Crippen molar-refractivity contribution < 1.29 is 32.6 Å². The molecule has 4 rings (SSSR count). The molecule has 168 valence electrons. The molecular weight excluding hydrogens is 437 g/mol. The molecular formula is C24H17F3N2O4. The van der Waals surface area contributed by atoms with Crippen molar-refractivity contribution in [3.63, 3.8) is 0 Å². The van der Waals surface area contributed by atoms with Gasteiger partial charge in [-0.25, -0.2) is 0 Å². The largest absolute Gasteiger partial charge is 0.573 e. The summed E-state index contributed by atoms with van der Waals surface area (Å²) in [4.78, 5) is 31.3. The number of aromatic nitrogens is 1. The Balaban J connectivity index is 1.88. The van der Waals surface area contributed by atoms with Crippen LogP contribution in [0.4, 0.5) is 18.9 Å². The minimum atomic E-state index is -4.93. The summed E-state index contributed by atoms with van der Waals surface area (Å²) in [5.41, 5.74) is 1.26. The molecule has 3 aromatic rings. The van der Waals surface area contributed by atoms with Gasteiger partial charge in [0, 0.05) is 23.5 Å². The van der Waals surface area contributed by atoms with Gasteiger partial charge in [-0.3, -0.25) is 19.5 Å². The number of alkyl halides is 3. The van der Waals surface area contributed by atoms with Crippen LogP contribution in [0.2, 0.25) is 0 Å². The molecule has 1 amide bonds. The van der Waals surface area contributed by atoms with Gasteiger partial charge in [-0.2, -0.15) is 0 Å². The maximum atomic E-state index is 13.0. The third-order valence-electron chi connectivity index (χ3n) is 5.07. The second-order valence-electron chi connectivity index (χ2n) is 7.33. The number of hydrogen-bond acceptors (Lipinski definition) is 5. The molecule has 1 aromatic heterocycles. The van der Waals surface area contributed by atoms with E-state index in [1.807, 2.05) is 6.92 Å². The first-order valence-electron chi connectivity index (χ1n) is 9.80. The highest BCUT2D eigenvalue weighted by Crippen LogP contribution is 2.42. The van der Waals surface area contributed by atoms with Gasteiger partial charge in [0.05, 0.1) is 11.3 Å². The molecule has 0 radical (unpaired) electrons. The number of carbonyl (C=O) groups is 2. The quantitative estimate of drug-likeness (QED) is 0.344. The number of Topliss-reactive ketones (excluding diaryl/α,β-unsaturated/α-hetero) is 1. The maximum Gasteiger partial charge on any atom is 0.573 e. The van der Waals surface area contributed by atoms with Gasteiger partial charge in [0.1, 0.15) is 17.6 Å². The minimum Gasteiger partial charge on any atom is -0.507 e. The first-order chi connectivity index (χ1) is 15.7. The topological polar surface area (TPSA) is 79.7 Å². The van der Waals surface area contributed by atoms with Gasteiger partial charge in [0.2, 0.25) is 0 Å². The first-order valence-corrected chi connectivity index (χ1v) is 9.80. The van der Waals surface area contributed by atoms with Crippen LogP contribution in [-0.2, 0) is 9.59 Å². The summed E-state index contributed by atoms with van der Waals surface area (Å²) in [6.07, 6.45) is -3.48. The summed E-state index contributed by atoms with van der Waals surface area (Å²) < 4.78 is 42.1. The summed E-state index contributed by atoms with van der Waals surface area (Å²) in [6, 6.07) is 15.1. The number of aliphatic hydroxyl groups excluding tert-OH is 1. The van der Waals surface area contributed by atoms with E-state index in [4.69, 9.17) is 0 Å². The molecule has 1 saturated heterocycles. The number of carbonyl (C=O) groups excluding carboxylic acids is 2. The van der Waals surface area contributed by atoms with Crippen molar-refractivity contribution in [2.75, 3.05) is 4.90 Å². The minimum absolute atomic E-state index is 0.0162. The predicted octanol–water partition coefficient (Wildman–Crippen LogP) is 4.91. The molecule has 6 nitrogen and oxygen atoms in total. The Labute approximate surface area is 186 Å². The van der Waals surface area contributed by atoms with E-state index in [0.717, 1.165) is 22.6 Å². The molecule has 2 heterocycles. The monoisotopic (exact) mass is 454 g/mol. The smallest absolute Gasteiger partial charge is 0.507 e. The number of aryl methyl sites for hydroxylation is 1. The Morgan fingerprint density at radius 2 is 1.76 bits per heavy atom. The van der Waals surface area contributed by atoms with E-state index >= 15 is 0 Å². The number of amides is 1. The van der Waals surface area contributed by atoms with Crippen molar-refractivity contribution in [1.29, 1.82) is 0 Å². The lowest BCUT2D eigenvalue weighted by molar-refractivity contribution is -0.274. The number of anilines is 1. The Bertz CT molecular complexity index is 1240. The van der Waals surface area contributed by atoms with Crippen molar-refractivity contribution in [3.05, 3.63) is 95.3 Å². The average molecular weight is 454 g/mol. The van der Waals surface area contributed by atoms with E-state index in [1.165, 1.54) is 18.3 Å². The second-order valence-corrected chi connectivity index (χ2v) is 7.33. The van der Waals surface area contributed by atoms with Gasteiger partial charge in [0.15, 0.2) is 0 Å². The second kappa shape index (κ2) is 8.42. The van der Waals surface area contributed by atoms with Gasteiger partial charge >= 0.3 is 6.36 Å². The van der Waals surface area contributed by atoms with Crippen LogP contribution in [-0.4, -0.2) is 28.1 Å². The summed E-state index contributed by atoms with van der Waals surface area (Å²) in [6.45, 7) is 1.85. The van der Waals surface area contributed by atoms with E-state index in [1.54, 1.807) is 42.5 Å². The standard InChI is InChI=1S/C24H17F3N2O4/c1-14-8-10-15(11-9-14)21(30)19-20(18-7-2-3-12-28-18)29(23(32)22(19)31)16-5-4-6-17(13-16)33-24(25,26)27/h2-13,20,30H,1H3/b21-19+. The number of ketones is 1. The Morgan fingerprint density at radius 3 is 2.39 bits per heavy atom. The average Bonchev–Trinajstić information content (AvgIpc) is 3.04. The number of halogens is 3. The van der Waals surface area contributed by atoms with Crippen molar-refractivity contribution in [2.45, 2.75) is 19.3 Å². The number of ether oxygens (including phenoxy) is 1. The molecule has 9 heteroatoms. The predicted molar refractivity (Wildman–Crippen MR) is 113 cm³/mol. The molecule has 0 aliphatic carbocycles. The summed E-state index contributed by atoms with van der Waals surface area (Å²) in [5.74, 6) is -2.95. The van der Waals surface area contributed by atoms with Crippen molar-refractivity contribution in [1.82, 2.24) is 4.98 Å². The van der Waals surface area contributed by atoms with Crippen molar-refractivity contribution >= 4 is 23.1 Å². The molecule has 2 aromatic carbocycles. The molecule has 1 fully saturated rings. The summed E-state index contributed by atoms with van der Waals surface area (Å²) >= 11 is 0. The zero-order chi connectivity index (χ0) is 23.8. The van der Waals surface area contributed by atoms with E-state index in [-0.39, 0.29) is 17.0 Å². The van der Waals surface area contributed by atoms with E-state index < -0.39 is 35.6 Å². The van der Waals surface area contributed by atoms with Crippen molar-refractivity contribution in [3.8, 4) is 5.75 Å². The summed E-state index contributed by atoms with van der Waals surface area (Å²) in [5, 5.41) is 11.0.